The molecule has 0 bridgehead atoms. The van der Waals surface area contributed by atoms with Gasteiger partial charge in [-0.1, -0.05) is 388 Å². The molecule has 0 amide bonds. The molecule has 0 rings (SSSR count). The van der Waals surface area contributed by atoms with Gasteiger partial charge in [0, 0.05) is 25.7 Å². The molecule has 0 spiro atoms. The minimum atomic E-state index is -4.96. The summed E-state index contributed by atoms with van der Waals surface area (Å²) < 4.78 is 68.8. The summed E-state index contributed by atoms with van der Waals surface area (Å²) in [4.78, 5) is 73.1. The monoisotopic (exact) mass is 1490 g/mol. The second-order valence-corrected chi connectivity index (χ2v) is 33.7. The van der Waals surface area contributed by atoms with E-state index in [9.17, 15) is 43.2 Å². The molecule has 0 radical (unpaired) electrons. The van der Waals surface area contributed by atoms with Crippen molar-refractivity contribution in [2.45, 2.75) is 458 Å². The van der Waals surface area contributed by atoms with Crippen LogP contribution >= 0.6 is 15.6 Å². The van der Waals surface area contributed by atoms with Gasteiger partial charge in [0.05, 0.1) is 26.4 Å². The Labute approximate surface area is 626 Å². The number of phosphoric acid groups is 2. The fraction of sp³-hybridized carbons (Fsp3) is 0.952. The lowest BCUT2D eigenvalue weighted by atomic mass is 10.0. The first-order valence-corrected chi connectivity index (χ1v) is 46.0. The van der Waals surface area contributed by atoms with Gasteiger partial charge in [0.1, 0.15) is 19.3 Å². The number of aliphatic hydroxyl groups excluding tert-OH is 1. The second kappa shape index (κ2) is 74.5. The van der Waals surface area contributed by atoms with E-state index < -0.39 is 97.5 Å². The van der Waals surface area contributed by atoms with Crippen LogP contribution in [0.4, 0.5) is 0 Å². The fourth-order valence-corrected chi connectivity index (χ4v) is 14.5. The summed E-state index contributed by atoms with van der Waals surface area (Å²) in [6.45, 7) is 9.62. The second-order valence-electron chi connectivity index (χ2n) is 30.8. The molecule has 102 heavy (non-hydrogen) atoms. The molecule has 0 fully saturated rings. The Hall–Kier alpha value is -1.94. The Bertz CT molecular complexity index is 1960. The molecule has 0 aliphatic heterocycles. The highest BCUT2D eigenvalue weighted by molar-refractivity contribution is 7.47. The van der Waals surface area contributed by atoms with Crippen LogP contribution in [0, 0.1) is 11.8 Å². The molecule has 17 nitrogen and oxygen atoms in total. The number of unbranched alkanes of at least 4 members (excludes halogenated alkanes) is 52. The first-order valence-electron chi connectivity index (χ1n) is 43.0. The Morgan fingerprint density at radius 3 is 0.667 bits per heavy atom. The van der Waals surface area contributed by atoms with Crippen molar-refractivity contribution in [1.82, 2.24) is 0 Å². The highest BCUT2D eigenvalue weighted by atomic mass is 31.2. The molecule has 0 aromatic carbocycles. The zero-order valence-electron chi connectivity index (χ0n) is 66.9. The van der Waals surface area contributed by atoms with Gasteiger partial charge in [0.15, 0.2) is 12.2 Å². The maximum atomic E-state index is 13.1. The third-order valence-electron chi connectivity index (χ3n) is 19.5. The smallest absolute Gasteiger partial charge is 0.462 e. The molecule has 3 N–H and O–H groups in total. The van der Waals surface area contributed by atoms with Gasteiger partial charge >= 0.3 is 39.5 Å². The van der Waals surface area contributed by atoms with Crippen molar-refractivity contribution < 1.29 is 80.2 Å². The summed E-state index contributed by atoms with van der Waals surface area (Å²) in [5.74, 6) is -0.602. The van der Waals surface area contributed by atoms with Gasteiger partial charge < -0.3 is 33.8 Å². The highest BCUT2D eigenvalue weighted by Gasteiger charge is 2.30. The molecule has 0 aliphatic carbocycles. The van der Waals surface area contributed by atoms with Crippen LogP contribution in [-0.4, -0.2) is 96.7 Å². The number of aliphatic hydroxyl groups is 1. The average molecular weight is 1490 g/mol. The van der Waals surface area contributed by atoms with Gasteiger partial charge in [0.25, 0.3) is 0 Å². The number of hydrogen-bond donors (Lipinski definition) is 3. The van der Waals surface area contributed by atoms with Crippen molar-refractivity contribution in [2.75, 3.05) is 39.6 Å². The van der Waals surface area contributed by atoms with Crippen LogP contribution in [0.1, 0.15) is 440 Å². The van der Waals surface area contributed by atoms with Crippen LogP contribution in [-0.2, 0) is 65.4 Å². The maximum Gasteiger partial charge on any atom is 0.472 e. The van der Waals surface area contributed by atoms with Crippen LogP contribution in [0.3, 0.4) is 0 Å². The standard InChI is InChI=1S/C83H162O17P2/c1-7-9-11-13-15-17-19-21-23-25-26-27-29-35-39-43-49-56-62-67-82(87)99-78(71-93-80(85)65-59-53-47-41-37-33-31-30-32-36-40-45-51-57-63-75(3)4)73-97-101(89,90)95-69-77(84)70-96-102(91,92)98-74-79(72-94-81(86)66-60-54-50-44-46-52-58-64-76(5)6)100-83(88)68-61-55-48-42-38-34-28-24-22-20-18-16-14-12-10-8-2/h75-79,84H,7-74H2,1-6H3,(H,89,90)(H,91,92)/t77-,78-,79-/m1/s1. The van der Waals surface area contributed by atoms with E-state index in [0.717, 1.165) is 102 Å². The van der Waals surface area contributed by atoms with Gasteiger partial charge in [-0.3, -0.25) is 37.3 Å². The summed E-state index contributed by atoms with van der Waals surface area (Å²) in [6.07, 6.45) is 65.3. The minimum Gasteiger partial charge on any atom is -0.462 e. The SMILES string of the molecule is CCCCCCCCCCCCCCCCCCCCCC(=O)O[C@H](COC(=O)CCCCCCCCCCCCCCCCC(C)C)COP(=O)(O)OC[C@@H](O)COP(=O)(O)OC[C@@H](COC(=O)CCCCCCCCCC(C)C)OC(=O)CCCCCCCCCCCCCCCCCC. The molecule has 19 heteroatoms. The van der Waals surface area contributed by atoms with Gasteiger partial charge in [-0.2, -0.15) is 0 Å². The normalized spacial score (nSPS) is 13.9. The molecule has 0 saturated carbocycles. The Morgan fingerprint density at radius 2 is 0.451 bits per heavy atom. The van der Waals surface area contributed by atoms with Crippen molar-refractivity contribution in [2.24, 2.45) is 11.8 Å². The number of rotatable bonds is 82. The van der Waals surface area contributed by atoms with E-state index in [4.69, 9.17) is 37.0 Å². The number of ether oxygens (including phenoxy) is 4. The first-order chi connectivity index (χ1) is 49.4. The van der Waals surface area contributed by atoms with E-state index in [2.05, 4.69) is 41.5 Å². The molecule has 0 heterocycles. The summed E-state index contributed by atoms with van der Waals surface area (Å²) >= 11 is 0. The predicted molar refractivity (Wildman–Crippen MR) is 418 cm³/mol. The molecule has 0 aromatic heterocycles. The number of hydrogen-bond acceptors (Lipinski definition) is 15. The predicted octanol–water partition coefficient (Wildman–Crippen LogP) is 25.1. The first kappa shape index (κ1) is 100. The summed E-state index contributed by atoms with van der Waals surface area (Å²) in [5, 5.41) is 10.7. The van der Waals surface area contributed by atoms with E-state index in [1.54, 1.807) is 0 Å². The summed E-state index contributed by atoms with van der Waals surface area (Å²) in [6, 6.07) is 0. The zero-order valence-corrected chi connectivity index (χ0v) is 68.7. The van der Waals surface area contributed by atoms with Gasteiger partial charge in [-0.05, 0) is 37.5 Å². The van der Waals surface area contributed by atoms with E-state index in [1.807, 2.05) is 0 Å². The maximum absolute atomic E-state index is 13.1. The summed E-state index contributed by atoms with van der Waals surface area (Å²) in [7, 11) is -9.92. The number of carbonyl (C=O) groups is 4. The van der Waals surface area contributed by atoms with Crippen LogP contribution in [0.2, 0.25) is 0 Å². The molecule has 5 atom stereocenters. The van der Waals surface area contributed by atoms with Gasteiger partial charge in [0.2, 0.25) is 0 Å². The summed E-state index contributed by atoms with van der Waals surface area (Å²) in [5.41, 5.74) is 0. The number of carbonyl (C=O) groups excluding carboxylic acids is 4. The van der Waals surface area contributed by atoms with Crippen molar-refractivity contribution in [1.29, 1.82) is 0 Å². The molecular weight excluding hydrogens is 1330 g/mol. The molecule has 0 aliphatic rings. The lowest BCUT2D eigenvalue weighted by Crippen LogP contribution is -2.30. The van der Waals surface area contributed by atoms with Crippen molar-refractivity contribution in [3.8, 4) is 0 Å². The number of esters is 4. The number of phosphoric ester groups is 2. The lowest BCUT2D eigenvalue weighted by molar-refractivity contribution is -0.161. The van der Waals surface area contributed by atoms with E-state index in [1.165, 1.54) is 250 Å². The average Bonchev–Trinajstić information content (AvgIpc) is 1.02. The van der Waals surface area contributed by atoms with E-state index in [0.29, 0.717) is 31.6 Å². The van der Waals surface area contributed by atoms with Crippen LogP contribution in [0.25, 0.3) is 0 Å². The highest BCUT2D eigenvalue weighted by Crippen LogP contribution is 2.45. The van der Waals surface area contributed by atoms with Crippen LogP contribution in [0.5, 0.6) is 0 Å². The Morgan fingerprint density at radius 1 is 0.265 bits per heavy atom. The fourth-order valence-electron chi connectivity index (χ4n) is 12.9. The molecule has 0 aromatic rings. The third-order valence-corrected chi connectivity index (χ3v) is 21.4. The quantitative estimate of drug-likeness (QED) is 0.0222. The van der Waals surface area contributed by atoms with Crippen LogP contribution in [0.15, 0.2) is 0 Å². The molecule has 0 saturated heterocycles. The Balaban J connectivity index is 5.24. The van der Waals surface area contributed by atoms with Crippen LogP contribution < -0.4 is 0 Å². The zero-order chi connectivity index (χ0) is 74.9. The Kier molecular flexibility index (Phi) is 73.1. The van der Waals surface area contributed by atoms with Gasteiger partial charge in [-0.15, -0.1) is 0 Å². The van der Waals surface area contributed by atoms with E-state index >= 15 is 0 Å². The van der Waals surface area contributed by atoms with Crippen molar-refractivity contribution in [3.05, 3.63) is 0 Å². The molecule has 2 unspecified atom stereocenters. The van der Waals surface area contributed by atoms with E-state index in [-0.39, 0.29) is 25.7 Å². The minimum absolute atomic E-state index is 0.108. The lowest BCUT2D eigenvalue weighted by Gasteiger charge is -2.21. The van der Waals surface area contributed by atoms with Gasteiger partial charge in [-0.25, -0.2) is 9.13 Å². The largest absolute Gasteiger partial charge is 0.472 e. The van der Waals surface area contributed by atoms with Crippen molar-refractivity contribution >= 4 is 39.5 Å². The topological polar surface area (TPSA) is 237 Å². The van der Waals surface area contributed by atoms with Crippen molar-refractivity contribution in [3.63, 3.8) is 0 Å². The molecular formula is C83H162O17P2. The third kappa shape index (κ3) is 76.3. The molecule has 606 valence electrons.